The molecule has 1 N–H and O–H groups in total. The van der Waals surface area contributed by atoms with Gasteiger partial charge in [0, 0.05) is 30.8 Å². The van der Waals surface area contributed by atoms with E-state index in [-0.39, 0.29) is 11.8 Å². The topological polar surface area (TPSA) is 49.4 Å². The van der Waals surface area contributed by atoms with Gasteiger partial charge in [0.05, 0.1) is 0 Å². The number of hydrogen-bond donors (Lipinski definition) is 1. The summed E-state index contributed by atoms with van der Waals surface area (Å²) in [6.45, 7) is 1.46. The average Bonchev–Trinajstić information content (AvgIpc) is 3.24. The molecule has 0 aromatic heterocycles. The van der Waals surface area contributed by atoms with E-state index >= 15 is 0 Å². The Bertz CT molecular complexity index is 811. The molecule has 4 heteroatoms. The first-order chi connectivity index (χ1) is 12.2. The highest BCUT2D eigenvalue weighted by Crippen LogP contribution is 2.25. The Kier molecular flexibility index (Phi) is 4.26. The number of anilines is 1. The largest absolute Gasteiger partial charge is 0.338 e. The zero-order valence-corrected chi connectivity index (χ0v) is 14.3. The van der Waals surface area contributed by atoms with E-state index in [0.29, 0.717) is 18.5 Å². The molecule has 0 bridgehead atoms. The fourth-order valence-electron chi connectivity index (χ4n) is 3.71. The van der Waals surface area contributed by atoms with Crippen LogP contribution in [0.5, 0.6) is 0 Å². The second kappa shape index (κ2) is 6.71. The quantitative estimate of drug-likeness (QED) is 0.929. The first kappa shape index (κ1) is 15.9. The molecule has 1 heterocycles. The van der Waals surface area contributed by atoms with Crippen molar-refractivity contribution in [3.05, 3.63) is 64.7 Å². The molecule has 128 valence electrons. The van der Waals surface area contributed by atoms with Crippen LogP contribution in [0.25, 0.3) is 0 Å². The molecule has 0 spiro atoms. The lowest BCUT2D eigenvalue weighted by Crippen LogP contribution is -2.23. The molecule has 1 aliphatic carbocycles. The van der Waals surface area contributed by atoms with E-state index < -0.39 is 0 Å². The van der Waals surface area contributed by atoms with E-state index in [1.165, 1.54) is 17.5 Å². The average molecular weight is 334 g/mol. The summed E-state index contributed by atoms with van der Waals surface area (Å²) < 4.78 is 0. The van der Waals surface area contributed by atoms with Crippen LogP contribution < -0.4 is 5.32 Å². The van der Waals surface area contributed by atoms with Crippen molar-refractivity contribution < 1.29 is 9.59 Å². The minimum Gasteiger partial charge on any atom is -0.338 e. The molecule has 4 rings (SSSR count). The third-order valence-electron chi connectivity index (χ3n) is 5.12. The van der Waals surface area contributed by atoms with Gasteiger partial charge in [0.2, 0.25) is 5.91 Å². The summed E-state index contributed by atoms with van der Waals surface area (Å²) in [6.07, 6.45) is 5.04. The fourth-order valence-corrected chi connectivity index (χ4v) is 3.71. The van der Waals surface area contributed by atoms with Crippen molar-refractivity contribution >= 4 is 17.5 Å². The third kappa shape index (κ3) is 3.43. The van der Waals surface area contributed by atoms with Crippen molar-refractivity contribution in [2.24, 2.45) is 0 Å². The van der Waals surface area contributed by atoms with E-state index in [1.807, 2.05) is 35.2 Å². The van der Waals surface area contributed by atoms with Crippen LogP contribution in [0.2, 0.25) is 0 Å². The van der Waals surface area contributed by atoms with Gasteiger partial charge in [-0.1, -0.05) is 18.2 Å². The maximum atomic E-state index is 12.4. The van der Waals surface area contributed by atoms with Crippen molar-refractivity contribution in [1.29, 1.82) is 0 Å². The molecule has 2 aliphatic rings. The Labute approximate surface area is 147 Å². The van der Waals surface area contributed by atoms with Crippen LogP contribution in [0.4, 0.5) is 5.69 Å². The van der Waals surface area contributed by atoms with Gasteiger partial charge in [-0.05, 0) is 66.6 Å². The van der Waals surface area contributed by atoms with Crippen molar-refractivity contribution in [3.63, 3.8) is 0 Å². The zero-order chi connectivity index (χ0) is 17.2. The summed E-state index contributed by atoms with van der Waals surface area (Å²) in [6, 6.07) is 13.7. The van der Waals surface area contributed by atoms with Gasteiger partial charge in [-0.25, -0.2) is 0 Å². The number of carbonyl (C=O) groups is 2. The number of carbonyl (C=O) groups excluding carboxylic acids is 2. The lowest BCUT2D eigenvalue weighted by atomic mass is 10.1. The summed E-state index contributed by atoms with van der Waals surface area (Å²) in [5.41, 5.74) is 5.31. The minimum atomic E-state index is -0.0956. The van der Waals surface area contributed by atoms with Gasteiger partial charge >= 0.3 is 0 Å². The summed E-state index contributed by atoms with van der Waals surface area (Å²) >= 11 is 0. The third-order valence-corrected chi connectivity index (χ3v) is 5.12. The first-order valence-electron chi connectivity index (χ1n) is 8.99. The Hall–Kier alpha value is -2.62. The predicted molar refractivity (Wildman–Crippen MR) is 97.5 cm³/mol. The fraction of sp³-hybridized carbons (Fsp3) is 0.333. The molecule has 1 fully saturated rings. The van der Waals surface area contributed by atoms with Gasteiger partial charge in [-0.15, -0.1) is 0 Å². The highest BCUT2D eigenvalue weighted by atomic mass is 16.2. The minimum absolute atomic E-state index is 0.0956. The number of nitrogens with zero attached hydrogens (tertiary/aromatic N) is 1. The zero-order valence-electron chi connectivity index (χ0n) is 14.3. The predicted octanol–water partition coefficient (Wildman–Crippen LogP) is 3.55. The molecule has 0 radical (unpaired) electrons. The van der Waals surface area contributed by atoms with Crippen molar-refractivity contribution in [3.8, 4) is 0 Å². The smallest absolute Gasteiger partial charge is 0.255 e. The summed E-state index contributed by atoms with van der Waals surface area (Å²) in [5.74, 6) is 0.125. The van der Waals surface area contributed by atoms with Crippen LogP contribution in [0, 0.1) is 0 Å². The standard InChI is InChI=1S/C21H22N2O2/c24-20-5-2-12-23(20)14-15-6-8-17(9-7-15)21(25)22-19-11-10-16-3-1-4-18(16)13-19/h6-11,13H,1-5,12,14H2,(H,22,25). The van der Waals surface area contributed by atoms with E-state index in [2.05, 4.69) is 17.4 Å². The molecular formula is C21H22N2O2. The molecule has 0 saturated carbocycles. The Morgan fingerprint density at radius 2 is 1.76 bits per heavy atom. The van der Waals surface area contributed by atoms with E-state index in [1.54, 1.807) is 0 Å². The number of hydrogen-bond acceptors (Lipinski definition) is 2. The molecular weight excluding hydrogens is 312 g/mol. The molecule has 25 heavy (non-hydrogen) atoms. The van der Waals surface area contributed by atoms with Crippen LogP contribution in [-0.4, -0.2) is 23.3 Å². The summed E-state index contributed by atoms with van der Waals surface area (Å²) in [5, 5.41) is 2.98. The molecule has 4 nitrogen and oxygen atoms in total. The summed E-state index contributed by atoms with van der Waals surface area (Å²) in [4.78, 5) is 26.0. The molecule has 2 aromatic carbocycles. The van der Waals surface area contributed by atoms with Gasteiger partial charge in [-0.3, -0.25) is 9.59 Å². The van der Waals surface area contributed by atoms with Gasteiger partial charge in [0.25, 0.3) is 5.91 Å². The second-order valence-electron chi connectivity index (χ2n) is 6.91. The number of benzene rings is 2. The molecule has 1 aliphatic heterocycles. The monoisotopic (exact) mass is 334 g/mol. The van der Waals surface area contributed by atoms with Crippen LogP contribution in [0.3, 0.4) is 0 Å². The molecule has 1 saturated heterocycles. The molecule has 2 amide bonds. The number of nitrogens with one attached hydrogen (secondary N) is 1. The number of aryl methyl sites for hydroxylation is 2. The van der Waals surface area contributed by atoms with Gasteiger partial charge in [-0.2, -0.15) is 0 Å². The molecule has 0 atom stereocenters. The summed E-state index contributed by atoms with van der Waals surface area (Å²) in [7, 11) is 0. The Morgan fingerprint density at radius 1 is 0.960 bits per heavy atom. The molecule has 2 aromatic rings. The maximum absolute atomic E-state index is 12.4. The van der Waals surface area contributed by atoms with Gasteiger partial charge in [0.15, 0.2) is 0 Å². The second-order valence-corrected chi connectivity index (χ2v) is 6.91. The van der Waals surface area contributed by atoms with Crippen LogP contribution in [0.1, 0.15) is 46.3 Å². The van der Waals surface area contributed by atoms with Crippen LogP contribution in [0.15, 0.2) is 42.5 Å². The first-order valence-corrected chi connectivity index (χ1v) is 8.99. The Balaban J connectivity index is 1.41. The Morgan fingerprint density at radius 3 is 2.52 bits per heavy atom. The normalized spacial score (nSPS) is 16.2. The number of amides is 2. The lowest BCUT2D eigenvalue weighted by Gasteiger charge is -2.15. The highest BCUT2D eigenvalue weighted by Gasteiger charge is 2.20. The van der Waals surface area contributed by atoms with Gasteiger partial charge in [0.1, 0.15) is 0 Å². The number of likely N-dealkylation sites (tertiary alicyclic amines) is 1. The van der Waals surface area contributed by atoms with E-state index in [9.17, 15) is 9.59 Å². The molecule has 0 unspecified atom stereocenters. The van der Waals surface area contributed by atoms with E-state index in [0.717, 1.165) is 37.1 Å². The highest BCUT2D eigenvalue weighted by molar-refractivity contribution is 6.04. The van der Waals surface area contributed by atoms with Crippen LogP contribution >= 0.6 is 0 Å². The maximum Gasteiger partial charge on any atom is 0.255 e. The van der Waals surface area contributed by atoms with Gasteiger partial charge < -0.3 is 10.2 Å². The van der Waals surface area contributed by atoms with E-state index in [4.69, 9.17) is 0 Å². The van der Waals surface area contributed by atoms with Crippen molar-refractivity contribution in [2.75, 3.05) is 11.9 Å². The van der Waals surface area contributed by atoms with Crippen molar-refractivity contribution in [2.45, 2.75) is 38.6 Å². The SMILES string of the molecule is O=C(Nc1ccc2c(c1)CCC2)c1ccc(CN2CCCC2=O)cc1. The number of fused-ring (bicyclic) bond motifs is 1. The van der Waals surface area contributed by atoms with Crippen LogP contribution in [-0.2, 0) is 24.2 Å². The lowest BCUT2D eigenvalue weighted by molar-refractivity contribution is -0.128. The van der Waals surface area contributed by atoms with Crippen molar-refractivity contribution in [1.82, 2.24) is 4.90 Å². The number of rotatable bonds is 4.